The van der Waals surface area contributed by atoms with Crippen molar-refractivity contribution in [1.82, 2.24) is 10.2 Å². The van der Waals surface area contributed by atoms with Gasteiger partial charge in [-0.3, -0.25) is 9.59 Å². The first-order valence-corrected chi connectivity index (χ1v) is 8.78. The molecule has 1 aliphatic heterocycles. The summed E-state index contributed by atoms with van der Waals surface area (Å²) in [5.41, 5.74) is 0.584. The number of piperazine rings is 1. The van der Waals surface area contributed by atoms with E-state index in [4.69, 9.17) is 9.47 Å². The highest BCUT2D eigenvalue weighted by Gasteiger charge is 2.27. The number of benzene rings is 1. The molecule has 2 rings (SSSR count). The van der Waals surface area contributed by atoms with Crippen molar-refractivity contribution in [3.63, 3.8) is 0 Å². The van der Waals surface area contributed by atoms with Crippen LogP contribution in [0.2, 0.25) is 0 Å². The lowest BCUT2D eigenvalue weighted by molar-refractivity contribution is -0.135. The van der Waals surface area contributed by atoms with Gasteiger partial charge in [0, 0.05) is 37.2 Å². The Bertz CT molecular complexity index is 617. The van der Waals surface area contributed by atoms with Gasteiger partial charge in [-0.05, 0) is 45.4 Å². The van der Waals surface area contributed by atoms with Crippen molar-refractivity contribution in [3.05, 3.63) is 23.8 Å². The van der Waals surface area contributed by atoms with Crippen LogP contribution < -0.4 is 14.8 Å². The summed E-state index contributed by atoms with van der Waals surface area (Å²) in [6.45, 7) is 7.71. The number of carbonyl (C=O) groups excluding carboxylic acids is 2. The lowest BCUT2D eigenvalue weighted by atomic mass is 10.1. The van der Waals surface area contributed by atoms with Crippen molar-refractivity contribution in [3.8, 4) is 11.5 Å². The number of ether oxygens (including phenoxy) is 2. The van der Waals surface area contributed by atoms with Crippen molar-refractivity contribution in [1.29, 1.82) is 0 Å². The molecule has 1 aromatic rings. The summed E-state index contributed by atoms with van der Waals surface area (Å²) in [6, 6.07) is 5.65. The number of nitrogens with zero attached hydrogens (tertiary/aromatic N) is 1. The minimum atomic E-state index is -0.0187. The third kappa shape index (κ3) is 4.95. The third-order valence-corrected chi connectivity index (χ3v) is 4.72. The zero-order valence-electron chi connectivity index (χ0n) is 15.5. The first kappa shape index (κ1) is 19.2. The average Bonchev–Trinajstić information content (AvgIpc) is 2.60. The van der Waals surface area contributed by atoms with Crippen LogP contribution in [0.25, 0.3) is 0 Å². The maximum absolute atomic E-state index is 12.4. The number of Topliss-reactive ketones (excluding diaryl/α,β-unsaturated/α-hetero) is 1. The predicted octanol–water partition coefficient (Wildman–Crippen LogP) is 2.27. The Balaban J connectivity index is 1.83. The van der Waals surface area contributed by atoms with Gasteiger partial charge in [-0.25, -0.2) is 0 Å². The minimum Gasteiger partial charge on any atom is -0.493 e. The normalized spacial score (nSPS) is 20.2. The first-order chi connectivity index (χ1) is 11.9. The van der Waals surface area contributed by atoms with Crippen molar-refractivity contribution < 1.29 is 19.1 Å². The number of hydrogen-bond acceptors (Lipinski definition) is 5. The molecule has 1 saturated heterocycles. The number of ketones is 1. The van der Waals surface area contributed by atoms with E-state index >= 15 is 0 Å². The highest BCUT2D eigenvalue weighted by molar-refractivity contribution is 5.94. The van der Waals surface area contributed by atoms with Crippen molar-refractivity contribution in [2.24, 2.45) is 0 Å². The van der Waals surface area contributed by atoms with E-state index in [9.17, 15) is 9.59 Å². The summed E-state index contributed by atoms with van der Waals surface area (Å²) in [7, 11) is 1.54. The van der Waals surface area contributed by atoms with E-state index in [1.165, 1.54) is 6.92 Å². The fourth-order valence-electron chi connectivity index (χ4n) is 2.96. The van der Waals surface area contributed by atoms with Crippen molar-refractivity contribution in [2.45, 2.75) is 45.7 Å². The third-order valence-electron chi connectivity index (χ3n) is 4.72. The molecule has 1 aliphatic rings. The molecular formula is C19H28N2O4. The average molecular weight is 348 g/mol. The van der Waals surface area contributed by atoms with Gasteiger partial charge in [0.15, 0.2) is 17.3 Å². The summed E-state index contributed by atoms with van der Waals surface area (Å²) < 4.78 is 11.0. The number of nitrogens with one attached hydrogen (secondary N) is 1. The van der Waals surface area contributed by atoms with Crippen LogP contribution in [0, 0.1) is 0 Å². The molecule has 1 aromatic carbocycles. The number of rotatable bonds is 7. The Hall–Kier alpha value is -2.08. The Morgan fingerprint density at radius 3 is 2.72 bits per heavy atom. The number of hydrogen-bond donors (Lipinski definition) is 1. The molecule has 0 bridgehead atoms. The lowest BCUT2D eigenvalue weighted by Gasteiger charge is -2.38. The highest BCUT2D eigenvalue weighted by atomic mass is 16.5. The largest absolute Gasteiger partial charge is 0.493 e. The fraction of sp³-hybridized carbons (Fsp3) is 0.579. The van der Waals surface area contributed by atoms with Crippen molar-refractivity contribution in [2.75, 3.05) is 26.8 Å². The molecule has 25 heavy (non-hydrogen) atoms. The van der Waals surface area contributed by atoms with Gasteiger partial charge in [0.1, 0.15) is 0 Å². The van der Waals surface area contributed by atoms with Crippen LogP contribution in [0.3, 0.4) is 0 Å². The van der Waals surface area contributed by atoms with E-state index in [1.807, 2.05) is 4.90 Å². The Labute approximate surface area is 149 Å². The molecule has 0 aromatic heterocycles. The molecule has 2 atom stereocenters. The summed E-state index contributed by atoms with van der Waals surface area (Å²) in [6.07, 6.45) is 1.10. The SMILES string of the molecule is COc1cc(C(C)=O)ccc1OCCCC(=O)N1CCNC(C)C1C. The zero-order chi connectivity index (χ0) is 18.4. The molecule has 6 nitrogen and oxygen atoms in total. The van der Waals surface area contributed by atoms with E-state index in [-0.39, 0.29) is 17.7 Å². The topological polar surface area (TPSA) is 67.9 Å². The van der Waals surface area contributed by atoms with E-state index < -0.39 is 0 Å². The van der Waals surface area contributed by atoms with Crippen LogP contribution in [-0.4, -0.2) is 55.5 Å². The molecule has 0 spiro atoms. The summed E-state index contributed by atoms with van der Waals surface area (Å²) in [4.78, 5) is 25.8. The maximum atomic E-state index is 12.4. The Kier molecular flexibility index (Phi) is 6.82. The fourth-order valence-corrected chi connectivity index (χ4v) is 2.96. The van der Waals surface area contributed by atoms with Crippen LogP contribution in [0.5, 0.6) is 11.5 Å². The minimum absolute atomic E-state index is 0.0187. The molecule has 1 amide bonds. The van der Waals surface area contributed by atoms with Gasteiger partial charge >= 0.3 is 0 Å². The second-order valence-corrected chi connectivity index (χ2v) is 6.44. The second kappa shape index (κ2) is 8.85. The van der Waals surface area contributed by atoms with Gasteiger partial charge in [0.2, 0.25) is 5.91 Å². The quantitative estimate of drug-likeness (QED) is 0.605. The molecule has 138 valence electrons. The van der Waals surface area contributed by atoms with Crippen LogP contribution in [0.15, 0.2) is 18.2 Å². The predicted molar refractivity (Wildman–Crippen MR) is 96.4 cm³/mol. The van der Waals surface area contributed by atoms with Crippen LogP contribution >= 0.6 is 0 Å². The highest BCUT2D eigenvalue weighted by Crippen LogP contribution is 2.28. The summed E-state index contributed by atoms with van der Waals surface area (Å²) >= 11 is 0. The summed E-state index contributed by atoms with van der Waals surface area (Å²) in [5.74, 6) is 1.27. The first-order valence-electron chi connectivity index (χ1n) is 8.78. The molecule has 0 radical (unpaired) electrons. The molecule has 1 N–H and O–H groups in total. The molecular weight excluding hydrogens is 320 g/mol. The maximum Gasteiger partial charge on any atom is 0.223 e. The molecule has 1 heterocycles. The van der Waals surface area contributed by atoms with Crippen LogP contribution in [0.1, 0.15) is 44.0 Å². The van der Waals surface area contributed by atoms with Gasteiger partial charge in [0.25, 0.3) is 0 Å². The molecule has 6 heteroatoms. The van der Waals surface area contributed by atoms with E-state index in [2.05, 4.69) is 19.2 Å². The van der Waals surface area contributed by atoms with Crippen LogP contribution in [-0.2, 0) is 4.79 Å². The standard InChI is InChI=1S/C19H28N2O4/c1-13-14(2)21(10-9-20-13)19(23)6-5-11-25-17-8-7-16(15(3)22)12-18(17)24-4/h7-8,12-14,20H,5-6,9-11H2,1-4H3. The van der Waals surface area contributed by atoms with Crippen LogP contribution in [0.4, 0.5) is 0 Å². The van der Waals surface area contributed by atoms with E-state index in [0.717, 1.165) is 13.1 Å². The monoisotopic (exact) mass is 348 g/mol. The number of amides is 1. The smallest absolute Gasteiger partial charge is 0.223 e. The lowest BCUT2D eigenvalue weighted by Crippen LogP contribution is -2.57. The zero-order valence-corrected chi connectivity index (χ0v) is 15.5. The van der Waals surface area contributed by atoms with E-state index in [1.54, 1.807) is 25.3 Å². The van der Waals surface area contributed by atoms with Gasteiger partial charge in [-0.2, -0.15) is 0 Å². The molecule has 0 saturated carbocycles. The number of carbonyl (C=O) groups is 2. The van der Waals surface area contributed by atoms with Gasteiger partial charge < -0.3 is 19.7 Å². The molecule has 2 unspecified atom stereocenters. The number of methoxy groups -OCH3 is 1. The van der Waals surface area contributed by atoms with Gasteiger partial charge in [-0.1, -0.05) is 0 Å². The van der Waals surface area contributed by atoms with Gasteiger partial charge in [-0.15, -0.1) is 0 Å². The van der Waals surface area contributed by atoms with E-state index in [0.29, 0.717) is 42.6 Å². The second-order valence-electron chi connectivity index (χ2n) is 6.44. The molecule has 0 aliphatic carbocycles. The Morgan fingerprint density at radius 1 is 1.28 bits per heavy atom. The summed E-state index contributed by atoms with van der Waals surface area (Å²) in [5, 5.41) is 3.37. The Morgan fingerprint density at radius 2 is 2.04 bits per heavy atom. The van der Waals surface area contributed by atoms with Gasteiger partial charge in [0.05, 0.1) is 13.7 Å². The van der Waals surface area contributed by atoms with Crippen molar-refractivity contribution >= 4 is 11.7 Å². The molecule has 1 fully saturated rings.